The van der Waals surface area contributed by atoms with Crippen molar-refractivity contribution in [1.82, 2.24) is 5.32 Å². The Labute approximate surface area is 119 Å². The SMILES string of the molecule is Cc1cc(Cl)ccc1C(=O)NCC1CCC(O)CC1. The molecule has 1 amide bonds. The van der Waals surface area contributed by atoms with Gasteiger partial charge < -0.3 is 10.4 Å². The highest BCUT2D eigenvalue weighted by molar-refractivity contribution is 6.30. The van der Waals surface area contributed by atoms with Gasteiger partial charge in [0.25, 0.3) is 5.91 Å². The van der Waals surface area contributed by atoms with Crippen LogP contribution in [0.2, 0.25) is 5.02 Å². The lowest BCUT2D eigenvalue weighted by atomic mass is 9.87. The maximum atomic E-state index is 12.1. The summed E-state index contributed by atoms with van der Waals surface area (Å²) in [6, 6.07) is 5.30. The van der Waals surface area contributed by atoms with Gasteiger partial charge in [-0.1, -0.05) is 11.6 Å². The van der Waals surface area contributed by atoms with Crippen LogP contribution in [0, 0.1) is 12.8 Å². The molecule has 0 aliphatic heterocycles. The van der Waals surface area contributed by atoms with Crippen LogP contribution in [-0.2, 0) is 0 Å². The van der Waals surface area contributed by atoms with Crippen molar-refractivity contribution < 1.29 is 9.90 Å². The minimum absolute atomic E-state index is 0.0414. The van der Waals surface area contributed by atoms with Crippen LogP contribution < -0.4 is 5.32 Å². The second kappa shape index (κ2) is 6.40. The molecule has 1 aromatic carbocycles. The summed E-state index contributed by atoms with van der Waals surface area (Å²) < 4.78 is 0. The Kier molecular flexibility index (Phi) is 4.83. The first-order valence-electron chi connectivity index (χ1n) is 6.78. The number of hydrogen-bond donors (Lipinski definition) is 2. The van der Waals surface area contributed by atoms with Gasteiger partial charge in [-0.25, -0.2) is 0 Å². The number of halogens is 1. The first-order valence-corrected chi connectivity index (χ1v) is 7.16. The molecule has 1 aromatic rings. The van der Waals surface area contributed by atoms with E-state index in [1.165, 1.54) is 0 Å². The van der Waals surface area contributed by atoms with E-state index in [4.69, 9.17) is 11.6 Å². The van der Waals surface area contributed by atoms with Crippen molar-refractivity contribution in [1.29, 1.82) is 0 Å². The molecule has 0 spiro atoms. The molecule has 0 aromatic heterocycles. The van der Waals surface area contributed by atoms with Gasteiger partial charge in [0, 0.05) is 17.1 Å². The summed E-state index contributed by atoms with van der Waals surface area (Å²) in [5.74, 6) is 0.445. The molecule has 1 saturated carbocycles. The molecule has 2 N–H and O–H groups in total. The highest BCUT2D eigenvalue weighted by Crippen LogP contribution is 2.23. The summed E-state index contributed by atoms with van der Waals surface area (Å²) >= 11 is 5.88. The molecule has 19 heavy (non-hydrogen) atoms. The van der Waals surface area contributed by atoms with Gasteiger partial charge in [-0.05, 0) is 62.3 Å². The molecule has 0 radical (unpaired) electrons. The van der Waals surface area contributed by atoms with Crippen molar-refractivity contribution in [2.24, 2.45) is 5.92 Å². The van der Waals surface area contributed by atoms with Crippen molar-refractivity contribution in [3.8, 4) is 0 Å². The van der Waals surface area contributed by atoms with E-state index in [2.05, 4.69) is 5.32 Å². The molecule has 1 fully saturated rings. The highest BCUT2D eigenvalue weighted by Gasteiger charge is 2.20. The molecular weight excluding hydrogens is 262 g/mol. The maximum Gasteiger partial charge on any atom is 0.251 e. The van der Waals surface area contributed by atoms with Gasteiger partial charge in [-0.15, -0.1) is 0 Å². The molecule has 1 aliphatic rings. The highest BCUT2D eigenvalue weighted by atomic mass is 35.5. The lowest BCUT2D eigenvalue weighted by Crippen LogP contribution is -2.32. The van der Waals surface area contributed by atoms with E-state index in [0.717, 1.165) is 31.2 Å². The summed E-state index contributed by atoms with van der Waals surface area (Å²) in [4.78, 5) is 12.1. The maximum absolute atomic E-state index is 12.1. The zero-order valence-electron chi connectivity index (χ0n) is 11.2. The summed E-state index contributed by atoms with van der Waals surface area (Å²) in [7, 11) is 0. The van der Waals surface area contributed by atoms with E-state index in [1.54, 1.807) is 18.2 Å². The Morgan fingerprint density at radius 2 is 2.05 bits per heavy atom. The van der Waals surface area contributed by atoms with Gasteiger partial charge in [-0.2, -0.15) is 0 Å². The van der Waals surface area contributed by atoms with Crippen LogP contribution in [0.15, 0.2) is 18.2 Å². The molecule has 0 atom stereocenters. The minimum atomic E-state index is -0.148. The predicted molar refractivity (Wildman–Crippen MR) is 76.5 cm³/mol. The van der Waals surface area contributed by atoms with E-state index in [-0.39, 0.29) is 12.0 Å². The van der Waals surface area contributed by atoms with Crippen LogP contribution in [-0.4, -0.2) is 23.7 Å². The fourth-order valence-corrected chi connectivity index (χ4v) is 2.79. The number of carbonyl (C=O) groups excluding carboxylic acids is 1. The second-order valence-electron chi connectivity index (χ2n) is 5.34. The number of hydrogen-bond acceptors (Lipinski definition) is 2. The smallest absolute Gasteiger partial charge is 0.251 e. The number of benzene rings is 1. The predicted octanol–water partition coefficient (Wildman–Crippen LogP) is 2.93. The fraction of sp³-hybridized carbons (Fsp3) is 0.533. The van der Waals surface area contributed by atoms with Gasteiger partial charge in [0.05, 0.1) is 6.10 Å². The largest absolute Gasteiger partial charge is 0.393 e. The quantitative estimate of drug-likeness (QED) is 0.895. The lowest BCUT2D eigenvalue weighted by molar-refractivity contribution is 0.0910. The first-order chi connectivity index (χ1) is 9.06. The topological polar surface area (TPSA) is 49.3 Å². The van der Waals surface area contributed by atoms with Crippen LogP contribution in [0.3, 0.4) is 0 Å². The number of nitrogens with one attached hydrogen (secondary N) is 1. The van der Waals surface area contributed by atoms with Crippen LogP contribution in [0.25, 0.3) is 0 Å². The number of rotatable bonds is 3. The first kappa shape index (κ1) is 14.4. The van der Waals surface area contributed by atoms with Crippen LogP contribution in [0.1, 0.15) is 41.6 Å². The Balaban J connectivity index is 1.87. The molecule has 0 bridgehead atoms. The molecule has 3 nitrogen and oxygen atoms in total. The zero-order valence-corrected chi connectivity index (χ0v) is 11.9. The van der Waals surface area contributed by atoms with Crippen LogP contribution in [0.4, 0.5) is 0 Å². The summed E-state index contributed by atoms with van der Waals surface area (Å²) in [5.41, 5.74) is 1.57. The summed E-state index contributed by atoms with van der Waals surface area (Å²) in [5, 5.41) is 13.1. The summed E-state index contributed by atoms with van der Waals surface area (Å²) in [6.45, 7) is 2.57. The van der Waals surface area contributed by atoms with E-state index < -0.39 is 0 Å². The van der Waals surface area contributed by atoms with Gasteiger partial charge >= 0.3 is 0 Å². The average molecular weight is 282 g/mol. The molecule has 0 saturated heterocycles. The Morgan fingerprint density at radius 3 is 2.68 bits per heavy atom. The monoisotopic (exact) mass is 281 g/mol. The number of amides is 1. The standard InChI is InChI=1S/C15H20ClNO2/c1-10-8-12(16)4-7-14(10)15(19)17-9-11-2-5-13(18)6-3-11/h4,7-8,11,13,18H,2-3,5-6,9H2,1H3,(H,17,19). The number of aliphatic hydroxyl groups excluding tert-OH is 1. The van der Waals surface area contributed by atoms with E-state index >= 15 is 0 Å². The van der Waals surface area contributed by atoms with Crippen molar-refractivity contribution in [2.45, 2.75) is 38.7 Å². The zero-order chi connectivity index (χ0) is 13.8. The van der Waals surface area contributed by atoms with Crippen LogP contribution in [0.5, 0.6) is 0 Å². The number of carbonyl (C=O) groups is 1. The lowest BCUT2D eigenvalue weighted by Gasteiger charge is -2.25. The van der Waals surface area contributed by atoms with E-state index in [0.29, 0.717) is 23.0 Å². The molecule has 104 valence electrons. The third-order valence-corrected chi connectivity index (χ3v) is 4.04. The molecule has 4 heteroatoms. The molecule has 0 heterocycles. The van der Waals surface area contributed by atoms with Gasteiger partial charge in [0.2, 0.25) is 0 Å². The van der Waals surface area contributed by atoms with Crippen LogP contribution >= 0.6 is 11.6 Å². The molecule has 0 unspecified atom stereocenters. The van der Waals surface area contributed by atoms with Crippen molar-refractivity contribution in [3.63, 3.8) is 0 Å². The third-order valence-electron chi connectivity index (χ3n) is 3.80. The second-order valence-corrected chi connectivity index (χ2v) is 5.78. The number of aliphatic hydroxyl groups is 1. The van der Waals surface area contributed by atoms with Crippen molar-refractivity contribution in [2.75, 3.05) is 6.54 Å². The van der Waals surface area contributed by atoms with E-state index in [1.807, 2.05) is 6.92 Å². The summed E-state index contributed by atoms with van der Waals surface area (Å²) in [6.07, 6.45) is 3.52. The van der Waals surface area contributed by atoms with E-state index in [9.17, 15) is 9.90 Å². The van der Waals surface area contributed by atoms with Gasteiger partial charge in [0.1, 0.15) is 0 Å². The van der Waals surface area contributed by atoms with Crippen molar-refractivity contribution in [3.05, 3.63) is 34.3 Å². The fourth-order valence-electron chi connectivity index (χ4n) is 2.56. The van der Waals surface area contributed by atoms with Gasteiger partial charge in [0.15, 0.2) is 0 Å². The number of aryl methyl sites for hydroxylation is 1. The third kappa shape index (κ3) is 3.95. The Bertz CT molecular complexity index is 453. The van der Waals surface area contributed by atoms with Crippen molar-refractivity contribution >= 4 is 17.5 Å². The molecular formula is C15H20ClNO2. The minimum Gasteiger partial charge on any atom is -0.393 e. The average Bonchev–Trinajstić information content (AvgIpc) is 2.37. The normalized spacial score (nSPS) is 23.1. The van der Waals surface area contributed by atoms with Gasteiger partial charge in [-0.3, -0.25) is 4.79 Å². The molecule has 2 rings (SSSR count). The molecule has 1 aliphatic carbocycles. The Morgan fingerprint density at radius 1 is 1.37 bits per heavy atom. The Hall–Kier alpha value is -1.06.